The highest BCUT2D eigenvalue weighted by atomic mass is 16.2. The summed E-state index contributed by atoms with van der Waals surface area (Å²) >= 11 is 0. The molecule has 13 heavy (non-hydrogen) atoms. The van der Waals surface area contributed by atoms with Crippen LogP contribution in [-0.2, 0) is 4.79 Å². The van der Waals surface area contributed by atoms with Crippen LogP contribution in [-0.4, -0.2) is 23.9 Å². The Morgan fingerprint density at radius 3 is 2.54 bits per heavy atom. The highest BCUT2D eigenvalue weighted by Gasteiger charge is 2.16. The van der Waals surface area contributed by atoms with Crippen molar-refractivity contribution in [2.75, 3.05) is 13.1 Å². The minimum atomic E-state index is 0.0821. The summed E-state index contributed by atoms with van der Waals surface area (Å²) in [7, 11) is 0. The molecule has 0 spiro atoms. The van der Waals surface area contributed by atoms with Crippen molar-refractivity contribution in [1.29, 1.82) is 5.26 Å². The first kappa shape index (κ1) is 12.0. The van der Waals surface area contributed by atoms with Gasteiger partial charge in [-0.25, -0.2) is 0 Å². The number of rotatable bonds is 5. The number of hydrogen-bond acceptors (Lipinski definition) is 2. The number of nitrogens with zero attached hydrogens (tertiary/aromatic N) is 2. The topological polar surface area (TPSA) is 44.1 Å². The average Bonchev–Trinajstić information content (AvgIpc) is 2.17. The number of carbonyl (C=O) groups excluding carboxylic acids is 1. The van der Waals surface area contributed by atoms with E-state index in [9.17, 15) is 4.79 Å². The molecule has 0 aliphatic rings. The summed E-state index contributed by atoms with van der Waals surface area (Å²) in [6.07, 6.45) is 1.29. The van der Waals surface area contributed by atoms with Crippen LogP contribution in [0, 0.1) is 17.2 Å². The SMILES string of the molecule is CCC(C)C(=O)N(CC)CCC#N. The van der Waals surface area contributed by atoms with Crippen LogP contribution in [0.3, 0.4) is 0 Å². The minimum Gasteiger partial charge on any atom is -0.342 e. The molecule has 0 N–H and O–H groups in total. The summed E-state index contributed by atoms with van der Waals surface area (Å²) in [6.45, 7) is 7.14. The predicted molar refractivity (Wildman–Crippen MR) is 51.9 cm³/mol. The van der Waals surface area contributed by atoms with Crippen LogP contribution >= 0.6 is 0 Å². The van der Waals surface area contributed by atoms with E-state index in [0.29, 0.717) is 19.5 Å². The van der Waals surface area contributed by atoms with Crippen LogP contribution in [0.5, 0.6) is 0 Å². The monoisotopic (exact) mass is 182 g/mol. The minimum absolute atomic E-state index is 0.0821. The van der Waals surface area contributed by atoms with Gasteiger partial charge < -0.3 is 4.90 Å². The molecule has 1 atom stereocenters. The predicted octanol–water partition coefficient (Wildman–Crippen LogP) is 1.79. The van der Waals surface area contributed by atoms with E-state index in [4.69, 9.17) is 5.26 Å². The van der Waals surface area contributed by atoms with Crippen molar-refractivity contribution in [3.05, 3.63) is 0 Å². The molecule has 3 nitrogen and oxygen atoms in total. The molecule has 74 valence electrons. The third kappa shape index (κ3) is 3.93. The van der Waals surface area contributed by atoms with Gasteiger partial charge in [0.25, 0.3) is 0 Å². The van der Waals surface area contributed by atoms with E-state index in [-0.39, 0.29) is 11.8 Å². The Balaban J connectivity index is 4.08. The highest BCUT2D eigenvalue weighted by molar-refractivity contribution is 5.78. The normalized spacial score (nSPS) is 11.8. The lowest BCUT2D eigenvalue weighted by molar-refractivity contribution is -0.134. The van der Waals surface area contributed by atoms with E-state index < -0.39 is 0 Å². The van der Waals surface area contributed by atoms with Gasteiger partial charge in [0, 0.05) is 19.0 Å². The van der Waals surface area contributed by atoms with Crippen molar-refractivity contribution in [2.24, 2.45) is 5.92 Å². The average molecular weight is 182 g/mol. The van der Waals surface area contributed by atoms with Crippen molar-refractivity contribution >= 4 is 5.91 Å². The summed E-state index contributed by atoms with van der Waals surface area (Å²) in [5.74, 6) is 0.249. The molecule has 1 unspecified atom stereocenters. The Kier molecular flexibility index (Phi) is 5.96. The second kappa shape index (κ2) is 6.47. The van der Waals surface area contributed by atoms with Crippen LogP contribution in [0.2, 0.25) is 0 Å². The van der Waals surface area contributed by atoms with Crippen LogP contribution < -0.4 is 0 Å². The fourth-order valence-electron chi connectivity index (χ4n) is 1.10. The summed E-state index contributed by atoms with van der Waals surface area (Å²) < 4.78 is 0. The molecule has 0 rings (SSSR count). The zero-order chi connectivity index (χ0) is 10.3. The van der Waals surface area contributed by atoms with E-state index in [0.717, 1.165) is 6.42 Å². The molecule has 0 radical (unpaired) electrons. The van der Waals surface area contributed by atoms with Crippen LogP contribution in [0.15, 0.2) is 0 Å². The van der Waals surface area contributed by atoms with Gasteiger partial charge in [-0.1, -0.05) is 13.8 Å². The maximum Gasteiger partial charge on any atom is 0.225 e. The van der Waals surface area contributed by atoms with Crippen molar-refractivity contribution in [3.8, 4) is 6.07 Å². The molecular formula is C10H18N2O. The maximum absolute atomic E-state index is 11.6. The van der Waals surface area contributed by atoms with E-state index in [1.807, 2.05) is 20.8 Å². The van der Waals surface area contributed by atoms with Gasteiger partial charge in [-0.05, 0) is 13.3 Å². The largest absolute Gasteiger partial charge is 0.342 e. The lowest BCUT2D eigenvalue weighted by Crippen LogP contribution is -2.35. The van der Waals surface area contributed by atoms with E-state index in [1.165, 1.54) is 0 Å². The molecular weight excluding hydrogens is 164 g/mol. The molecule has 0 fully saturated rings. The molecule has 0 saturated heterocycles. The third-order valence-corrected chi connectivity index (χ3v) is 2.22. The van der Waals surface area contributed by atoms with Gasteiger partial charge in [-0.3, -0.25) is 4.79 Å². The summed E-state index contributed by atoms with van der Waals surface area (Å²) in [6, 6.07) is 2.05. The number of hydrogen-bond donors (Lipinski definition) is 0. The van der Waals surface area contributed by atoms with Crippen molar-refractivity contribution in [1.82, 2.24) is 4.90 Å². The Labute approximate surface area is 80.3 Å². The Morgan fingerprint density at radius 2 is 2.15 bits per heavy atom. The Hall–Kier alpha value is -1.04. The molecule has 0 aliphatic carbocycles. The lowest BCUT2D eigenvalue weighted by Gasteiger charge is -2.22. The quantitative estimate of drug-likeness (QED) is 0.650. The molecule has 0 aliphatic heterocycles. The molecule has 0 saturated carbocycles. The number of nitriles is 1. The molecule has 3 heteroatoms. The first-order valence-electron chi connectivity index (χ1n) is 4.83. The molecule has 0 aromatic rings. The van der Waals surface area contributed by atoms with Crippen LogP contribution in [0.4, 0.5) is 0 Å². The van der Waals surface area contributed by atoms with E-state index in [2.05, 4.69) is 6.07 Å². The lowest BCUT2D eigenvalue weighted by atomic mass is 10.1. The fraction of sp³-hybridized carbons (Fsp3) is 0.800. The first-order chi connectivity index (χ1) is 6.17. The van der Waals surface area contributed by atoms with Crippen LogP contribution in [0.1, 0.15) is 33.6 Å². The summed E-state index contributed by atoms with van der Waals surface area (Å²) in [5, 5.41) is 8.40. The summed E-state index contributed by atoms with van der Waals surface area (Å²) in [5.41, 5.74) is 0. The van der Waals surface area contributed by atoms with Gasteiger partial charge in [0.15, 0.2) is 0 Å². The number of amides is 1. The smallest absolute Gasteiger partial charge is 0.225 e. The Morgan fingerprint density at radius 1 is 1.54 bits per heavy atom. The fourth-order valence-corrected chi connectivity index (χ4v) is 1.10. The summed E-state index contributed by atoms with van der Waals surface area (Å²) in [4.78, 5) is 13.4. The number of carbonyl (C=O) groups is 1. The second-order valence-corrected chi connectivity index (χ2v) is 3.14. The van der Waals surface area contributed by atoms with Crippen molar-refractivity contribution < 1.29 is 4.79 Å². The van der Waals surface area contributed by atoms with E-state index in [1.54, 1.807) is 4.90 Å². The third-order valence-electron chi connectivity index (χ3n) is 2.22. The van der Waals surface area contributed by atoms with Gasteiger partial charge in [-0.15, -0.1) is 0 Å². The molecule has 1 amide bonds. The zero-order valence-electron chi connectivity index (χ0n) is 8.71. The molecule has 0 bridgehead atoms. The van der Waals surface area contributed by atoms with Crippen LogP contribution in [0.25, 0.3) is 0 Å². The maximum atomic E-state index is 11.6. The van der Waals surface area contributed by atoms with Gasteiger partial charge >= 0.3 is 0 Å². The van der Waals surface area contributed by atoms with E-state index >= 15 is 0 Å². The standard InChI is InChI=1S/C10H18N2O/c1-4-9(3)10(13)12(5-2)8-6-7-11/h9H,4-6,8H2,1-3H3. The molecule has 0 aromatic carbocycles. The van der Waals surface area contributed by atoms with Crippen molar-refractivity contribution in [3.63, 3.8) is 0 Å². The first-order valence-corrected chi connectivity index (χ1v) is 4.83. The highest BCUT2D eigenvalue weighted by Crippen LogP contribution is 2.06. The Bertz CT molecular complexity index is 196. The second-order valence-electron chi connectivity index (χ2n) is 3.14. The molecule has 0 heterocycles. The zero-order valence-corrected chi connectivity index (χ0v) is 8.71. The van der Waals surface area contributed by atoms with Gasteiger partial charge in [0.1, 0.15) is 0 Å². The van der Waals surface area contributed by atoms with Gasteiger partial charge in [0.05, 0.1) is 12.5 Å². The molecule has 0 aromatic heterocycles. The van der Waals surface area contributed by atoms with Gasteiger partial charge in [-0.2, -0.15) is 5.26 Å². The van der Waals surface area contributed by atoms with Crippen molar-refractivity contribution in [2.45, 2.75) is 33.6 Å². The van der Waals surface area contributed by atoms with Gasteiger partial charge in [0.2, 0.25) is 5.91 Å².